The van der Waals surface area contributed by atoms with Gasteiger partial charge in [-0.2, -0.15) is 0 Å². The molecule has 0 N–H and O–H groups in total. The second-order valence-electron chi connectivity index (χ2n) is 4.52. The van der Waals surface area contributed by atoms with Gasteiger partial charge in [0.15, 0.2) is 0 Å². The van der Waals surface area contributed by atoms with Crippen molar-refractivity contribution in [2.75, 3.05) is 5.88 Å². The number of hydrogen-bond acceptors (Lipinski definition) is 2. The van der Waals surface area contributed by atoms with E-state index in [0.717, 1.165) is 12.7 Å². The number of alkyl halides is 1. The summed E-state index contributed by atoms with van der Waals surface area (Å²) in [5.74, 6) is 0.671. The topological polar surface area (TPSA) is 18.5 Å². The zero-order chi connectivity index (χ0) is 10.1. The normalized spacial score (nSPS) is 25.2. The molecule has 0 spiro atoms. The Balaban J connectivity index is 2.50. The van der Waals surface area contributed by atoms with Gasteiger partial charge < -0.3 is 9.31 Å². The molecular weight excluding hydrogens is 186 g/mol. The molecule has 1 fully saturated rings. The van der Waals surface area contributed by atoms with Gasteiger partial charge in [0.2, 0.25) is 0 Å². The Morgan fingerprint density at radius 1 is 1.08 bits per heavy atom. The first kappa shape index (κ1) is 11.4. The third kappa shape index (κ3) is 2.39. The van der Waals surface area contributed by atoms with Crippen LogP contribution in [-0.2, 0) is 9.31 Å². The summed E-state index contributed by atoms with van der Waals surface area (Å²) in [5.41, 5.74) is -0.409. The highest BCUT2D eigenvalue weighted by Gasteiger charge is 2.50. The zero-order valence-electron chi connectivity index (χ0n) is 8.89. The van der Waals surface area contributed by atoms with Crippen LogP contribution in [0.25, 0.3) is 0 Å². The summed E-state index contributed by atoms with van der Waals surface area (Å²) < 4.78 is 11.6. The van der Waals surface area contributed by atoms with Crippen LogP contribution in [0.1, 0.15) is 34.1 Å². The lowest BCUT2D eigenvalue weighted by Crippen LogP contribution is -2.41. The summed E-state index contributed by atoms with van der Waals surface area (Å²) >= 11 is 5.61. The molecular formula is C9H18BClO2. The fraction of sp³-hybridized carbons (Fsp3) is 1.00. The van der Waals surface area contributed by atoms with E-state index in [1.807, 2.05) is 0 Å². The first-order chi connectivity index (χ1) is 5.89. The van der Waals surface area contributed by atoms with Gasteiger partial charge in [0.1, 0.15) is 0 Å². The minimum atomic E-state index is -0.204. The van der Waals surface area contributed by atoms with Crippen LogP contribution in [0.4, 0.5) is 0 Å². The number of rotatable bonds is 3. The van der Waals surface area contributed by atoms with Crippen LogP contribution in [0.3, 0.4) is 0 Å². The van der Waals surface area contributed by atoms with Gasteiger partial charge in [-0.05, 0) is 40.4 Å². The average molecular weight is 205 g/mol. The van der Waals surface area contributed by atoms with E-state index in [1.54, 1.807) is 0 Å². The van der Waals surface area contributed by atoms with Gasteiger partial charge in [-0.15, -0.1) is 11.6 Å². The molecule has 2 nitrogen and oxygen atoms in total. The Morgan fingerprint density at radius 2 is 1.54 bits per heavy atom. The highest BCUT2D eigenvalue weighted by molar-refractivity contribution is 6.45. The summed E-state index contributed by atoms with van der Waals surface area (Å²) in [6.45, 7) is 8.25. The van der Waals surface area contributed by atoms with Crippen LogP contribution in [0.5, 0.6) is 0 Å². The molecule has 0 atom stereocenters. The van der Waals surface area contributed by atoms with E-state index < -0.39 is 0 Å². The minimum absolute atomic E-state index is 0.0799. The van der Waals surface area contributed by atoms with Crippen LogP contribution in [0.2, 0.25) is 6.32 Å². The fourth-order valence-electron chi connectivity index (χ4n) is 1.33. The highest BCUT2D eigenvalue weighted by Crippen LogP contribution is 2.37. The monoisotopic (exact) mass is 204 g/mol. The van der Waals surface area contributed by atoms with Crippen molar-refractivity contribution >= 4 is 18.7 Å². The zero-order valence-corrected chi connectivity index (χ0v) is 9.65. The Morgan fingerprint density at radius 3 is 1.92 bits per heavy atom. The quantitative estimate of drug-likeness (QED) is 0.520. The lowest BCUT2D eigenvalue weighted by atomic mass is 9.83. The van der Waals surface area contributed by atoms with E-state index >= 15 is 0 Å². The Kier molecular flexibility index (Phi) is 3.31. The van der Waals surface area contributed by atoms with Crippen molar-refractivity contribution in [3.8, 4) is 0 Å². The fourth-order valence-corrected chi connectivity index (χ4v) is 1.48. The van der Waals surface area contributed by atoms with Gasteiger partial charge >= 0.3 is 7.12 Å². The van der Waals surface area contributed by atoms with Crippen molar-refractivity contribution in [2.45, 2.75) is 51.6 Å². The van der Waals surface area contributed by atoms with Crippen LogP contribution in [0.15, 0.2) is 0 Å². The van der Waals surface area contributed by atoms with Crippen molar-refractivity contribution < 1.29 is 9.31 Å². The SMILES string of the molecule is CC1(C)OB(CCCCl)OC1(C)C. The third-order valence-corrected chi connectivity index (χ3v) is 3.14. The smallest absolute Gasteiger partial charge is 0.403 e. The van der Waals surface area contributed by atoms with Crippen LogP contribution in [-0.4, -0.2) is 24.2 Å². The molecule has 0 saturated carbocycles. The molecule has 1 heterocycles. The Bertz CT molecular complexity index is 166. The van der Waals surface area contributed by atoms with Gasteiger partial charge in [0.25, 0.3) is 0 Å². The van der Waals surface area contributed by atoms with Gasteiger partial charge in [0.05, 0.1) is 11.2 Å². The molecule has 0 aromatic heterocycles. The second kappa shape index (κ2) is 3.80. The van der Waals surface area contributed by atoms with E-state index in [1.165, 1.54) is 0 Å². The van der Waals surface area contributed by atoms with Crippen LogP contribution >= 0.6 is 11.6 Å². The molecule has 0 unspecified atom stereocenters. The van der Waals surface area contributed by atoms with Crippen molar-refractivity contribution in [2.24, 2.45) is 0 Å². The van der Waals surface area contributed by atoms with Gasteiger partial charge in [-0.1, -0.05) is 0 Å². The summed E-state index contributed by atoms with van der Waals surface area (Å²) in [4.78, 5) is 0. The number of hydrogen-bond donors (Lipinski definition) is 0. The van der Waals surface area contributed by atoms with Crippen molar-refractivity contribution in [3.05, 3.63) is 0 Å². The van der Waals surface area contributed by atoms with Crippen molar-refractivity contribution in [3.63, 3.8) is 0 Å². The maximum absolute atomic E-state index is 5.79. The lowest BCUT2D eigenvalue weighted by molar-refractivity contribution is 0.00578. The third-order valence-electron chi connectivity index (χ3n) is 2.88. The maximum atomic E-state index is 5.79. The molecule has 13 heavy (non-hydrogen) atoms. The molecule has 1 aliphatic rings. The molecule has 0 aromatic rings. The standard InChI is InChI=1S/C9H18BClO2/c1-8(2)9(3,4)13-10(12-8)6-5-7-11/h5-7H2,1-4H3. The predicted molar refractivity (Wildman–Crippen MR) is 56.2 cm³/mol. The van der Waals surface area contributed by atoms with Gasteiger partial charge in [-0.3, -0.25) is 0 Å². The first-order valence-corrected chi connectivity index (χ1v) is 5.34. The minimum Gasteiger partial charge on any atom is -0.403 e. The molecule has 1 saturated heterocycles. The average Bonchev–Trinajstić information content (AvgIpc) is 2.17. The summed E-state index contributed by atoms with van der Waals surface area (Å²) in [6, 6.07) is 0. The summed E-state index contributed by atoms with van der Waals surface area (Å²) in [7, 11) is -0.0799. The second-order valence-corrected chi connectivity index (χ2v) is 4.90. The molecule has 1 rings (SSSR count). The summed E-state index contributed by atoms with van der Waals surface area (Å²) in [6.07, 6.45) is 1.83. The van der Waals surface area contributed by atoms with E-state index in [0.29, 0.717) is 5.88 Å². The Labute approximate surface area is 86.1 Å². The molecule has 0 amide bonds. The molecule has 0 bridgehead atoms. The highest BCUT2D eigenvalue weighted by atomic mass is 35.5. The van der Waals surface area contributed by atoms with E-state index in [2.05, 4.69) is 27.7 Å². The molecule has 0 aliphatic carbocycles. The largest absolute Gasteiger partial charge is 0.457 e. The summed E-state index contributed by atoms with van der Waals surface area (Å²) in [5, 5.41) is 0. The van der Waals surface area contributed by atoms with E-state index in [4.69, 9.17) is 20.9 Å². The van der Waals surface area contributed by atoms with Crippen molar-refractivity contribution in [1.29, 1.82) is 0 Å². The van der Waals surface area contributed by atoms with Crippen LogP contribution in [0, 0.1) is 0 Å². The van der Waals surface area contributed by atoms with Crippen molar-refractivity contribution in [1.82, 2.24) is 0 Å². The van der Waals surface area contributed by atoms with Crippen LogP contribution < -0.4 is 0 Å². The lowest BCUT2D eigenvalue weighted by Gasteiger charge is -2.32. The maximum Gasteiger partial charge on any atom is 0.457 e. The van der Waals surface area contributed by atoms with Gasteiger partial charge in [-0.25, -0.2) is 0 Å². The molecule has 4 heteroatoms. The number of halogens is 1. The molecule has 1 aliphatic heterocycles. The molecule has 0 aromatic carbocycles. The molecule has 76 valence electrons. The first-order valence-electron chi connectivity index (χ1n) is 4.81. The Hall–Kier alpha value is 0.275. The predicted octanol–water partition coefficient (Wildman–Crippen LogP) is 2.71. The molecule has 0 radical (unpaired) electrons. The van der Waals surface area contributed by atoms with E-state index in [9.17, 15) is 0 Å². The van der Waals surface area contributed by atoms with Gasteiger partial charge in [0, 0.05) is 5.88 Å². The van der Waals surface area contributed by atoms with E-state index in [-0.39, 0.29) is 18.3 Å².